The molecular formula is C17H21N5O5S2. The fourth-order valence-electron chi connectivity index (χ4n) is 2.74. The summed E-state index contributed by atoms with van der Waals surface area (Å²) in [6.45, 7) is 3.55. The average Bonchev–Trinajstić information content (AvgIpc) is 3.27. The zero-order valence-corrected chi connectivity index (χ0v) is 17.7. The van der Waals surface area contributed by atoms with Crippen molar-refractivity contribution in [2.45, 2.75) is 26.3 Å². The van der Waals surface area contributed by atoms with Gasteiger partial charge in [-0.1, -0.05) is 11.3 Å². The topological polar surface area (TPSA) is 123 Å². The Balaban J connectivity index is 1.50. The second kappa shape index (κ2) is 9.76. The Morgan fingerprint density at radius 1 is 1.24 bits per heavy atom. The lowest BCUT2D eigenvalue weighted by atomic mass is 10.2. The Hall–Kier alpha value is -2.57. The van der Waals surface area contributed by atoms with Crippen LogP contribution >= 0.6 is 22.7 Å². The van der Waals surface area contributed by atoms with E-state index in [1.807, 2.05) is 4.90 Å². The molecule has 2 amide bonds. The van der Waals surface area contributed by atoms with Crippen LogP contribution in [0.5, 0.6) is 0 Å². The number of aromatic nitrogens is 2. The van der Waals surface area contributed by atoms with Crippen LogP contribution in [0.15, 0.2) is 5.38 Å². The second-order valence-electron chi connectivity index (χ2n) is 6.14. The van der Waals surface area contributed by atoms with Gasteiger partial charge in [0.25, 0.3) is 0 Å². The van der Waals surface area contributed by atoms with E-state index in [4.69, 9.17) is 4.74 Å². The molecule has 10 nitrogen and oxygen atoms in total. The molecule has 0 aromatic carbocycles. The number of anilines is 2. The molecular weight excluding hydrogens is 418 g/mol. The lowest BCUT2D eigenvalue weighted by molar-refractivity contribution is -0.142. The highest BCUT2D eigenvalue weighted by Crippen LogP contribution is 2.28. The summed E-state index contributed by atoms with van der Waals surface area (Å²) in [5.41, 5.74) is 1.50. The third kappa shape index (κ3) is 5.95. The summed E-state index contributed by atoms with van der Waals surface area (Å²) in [6, 6.07) is 0. The van der Waals surface area contributed by atoms with Gasteiger partial charge < -0.3 is 14.8 Å². The van der Waals surface area contributed by atoms with Crippen molar-refractivity contribution in [2.75, 3.05) is 37.4 Å². The predicted molar refractivity (Wildman–Crippen MR) is 108 cm³/mol. The average molecular weight is 440 g/mol. The lowest BCUT2D eigenvalue weighted by Gasteiger charge is -2.24. The molecule has 0 radical (unpaired) electrons. The number of fused-ring (bicyclic) bond motifs is 1. The fourth-order valence-corrected chi connectivity index (χ4v) is 4.51. The molecule has 0 aliphatic carbocycles. The van der Waals surface area contributed by atoms with Gasteiger partial charge in [0, 0.05) is 29.8 Å². The Morgan fingerprint density at radius 2 is 2.07 bits per heavy atom. The number of nitrogens with zero attached hydrogens (tertiary/aromatic N) is 3. The third-order valence-corrected chi connectivity index (χ3v) is 5.81. The van der Waals surface area contributed by atoms with Gasteiger partial charge in [-0.25, -0.2) is 14.8 Å². The summed E-state index contributed by atoms with van der Waals surface area (Å²) in [5.74, 6) is -0.520. The standard InChI is InChI=1S/C17H21N5O5S2/c1-3-27-14(24)6-10-9-28-15(18-10)20-13(23)8-22-5-4-11-12(7-22)29-16(19-11)21-17(25)26-2/h9H,3-8H2,1-2H3,(H,18,20,23)(H,19,21,25). The highest BCUT2D eigenvalue weighted by Gasteiger charge is 2.23. The number of carbonyl (C=O) groups excluding carboxylic acids is 3. The maximum absolute atomic E-state index is 12.4. The van der Waals surface area contributed by atoms with E-state index in [1.54, 1.807) is 12.3 Å². The highest BCUT2D eigenvalue weighted by atomic mass is 32.1. The molecule has 29 heavy (non-hydrogen) atoms. The van der Waals surface area contributed by atoms with Gasteiger partial charge in [0.15, 0.2) is 10.3 Å². The van der Waals surface area contributed by atoms with E-state index in [1.165, 1.54) is 29.8 Å². The molecule has 3 rings (SSSR count). The van der Waals surface area contributed by atoms with E-state index < -0.39 is 6.09 Å². The van der Waals surface area contributed by atoms with Gasteiger partial charge >= 0.3 is 12.1 Å². The van der Waals surface area contributed by atoms with Crippen molar-refractivity contribution < 1.29 is 23.9 Å². The SMILES string of the molecule is CCOC(=O)Cc1csc(NC(=O)CN2CCc3nc(NC(=O)OC)sc3C2)n1. The molecule has 1 aliphatic rings. The van der Waals surface area contributed by atoms with Gasteiger partial charge in [-0.2, -0.15) is 0 Å². The van der Waals surface area contributed by atoms with Crippen molar-refractivity contribution in [1.82, 2.24) is 14.9 Å². The summed E-state index contributed by atoms with van der Waals surface area (Å²) in [7, 11) is 1.30. The molecule has 2 N–H and O–H groups in total. The monoisotopic (exact) mass is 439 g/mol. The van der Waals surface area contributed by atoms with Crippen molar-refractivity contribution in [3.63, 3.8) is 0 Å². The van der Waals surface area contributed by atoms with E-state index in [-0.39, 0.29) is 24.8 Å². The molecule has 156 valence electrons. The largest absolute Gasteiger partial charge is 0.466 e. The van der Waals surface area contributed by atoms with Gasteiger partial charge in [-0.3, -0.25) is 19.8 Å². The van der Waals surface area contributed by atoms with Gasteiger partial charge in [0.2, 0.25) is 5.91 Å². The molecule has 0 saturated heterocycles. The first kappa shape index (κ1) is 21.1. The van der Waals surface area contributed by atoms with Gasteiger partial charge in [-0.15, -0.1) is 11.3 Å². The van der Waals surface area contributed by atoms with E-state index in [0.717, 1.165) is 10.6 Å². The van der Waals surface area contributed by atoms with Gasteiger partial charge in [0.05, 0.1) is 38.1 Å². The smallest absolute Gasteiger partial charge is 0.413 e. The van der Waals surface area contributed by atoms with Crippen molar-refractivity contribution >= 4 is 50.9 Å². The van der Waals surface area contributed by atoms with Crippen LogP contribution in [0.2, 0.25) is 0 Å². The third-order valence-electron chi connectivity index (χ3n) is 4.00. The molecule has 0 spiro atoms. The molecule has 12 heteroatoms. The number of carbonyl (C=O) groups is 3. The first-order valence-electron chi connectivity index (χ1n) is 8.92. The number of hydrogen-bond acceptors (Lipinski definition) is 10. The maximum Gasteiger partial charge on any atom is 0.413 e. The van der Waals surface area contributed by atoms with E-state index >= 15 is 0 Å². The van der Waals surface area contributed by atoms with Crippen molar-refractivity contribution in [3.05, 3.63) is 21.6 Å². The first-order valence-corrected chi connectivity index (χ1v) is 10.6. The summed E-state index contributed by atoms with van der Waals surface area (Å²) in [4.78, 5) is 46.8. The van der Waals surface area contributed by atoms with E-state index in [9.17, 15) is 14.4 Å². The first-order chi connectivity index (χ1) is 14.0. The number of hydrogen-bond donors (Lipinski definition) is 2. The molecule has 0 atom stereocenters. The van der Waals surface area contributed by atoms with E-state index in [0.29, 0.717) is 42.1 Å². The van der Waals surface area contributed by atoms with Crippen LogP contribution in [0, 0.1) is 0 Å². The molecule has 2 aromatic rings. The number of nitrogens with one attached hydrogen (secondary N) is 2. The van der Waals surface area contributed by atoms with Gasteiger partial charge in [0.1, 0.15) is 0 Å². The summed E-state index contributed by atoms with van der Waals surface area (Å²) >= 11 is 2.65. The Labute approximate surface area is 175 Å². The number of methoxy groups -OCH3 is 1. The van der Waals surface area contributed by atoms with Crippen molar-refractivity contribution in [3.8, 4) is 0 Å². The predicted octanol–water partition coefficient (Wildman–Crippen LogP) is 1.88. The van der Waals surface area contributed by atoms with Crippen LogP contribution in [-0.2, 0) is 38.4 Å². The minimum Gasteiger partial charge on any atom is -0.466 e. The number of rotatable bonds is 7. The zero-order chi connectivity index (χ0) is 20.8. The normalized spacial score (nSPS) is 13.4. The van der Waals surface area contributed by atoms with Gasteiger partial charge in [-0.05, 0) is 6.92 Å². The molecule has 0 fully saturated rings. The summed E-state index contributed by atoms with van der Waals surface area (Å²) < 4.78 is 9.47. The zero-order valence-electron chi connectivity index (χ0n) is 16.0. The molecule has 0 bridgehead atoms. The second-order valence-corrected chi connectivity index (χ2v) is 8.08. The quantitative estimate of drug-likeness (QED) is 0.627. The Kier molecular flexibility index (Phi) is 7.12. The van der Waals surface area contributed by atoms with E-state index in [2.05, 4.69) is 25.3 Å². The van der Waals surface area contributed by atoms with Crippen molar-refractivity contribution in [1.29, 1.82) is 0 Å². The number of esters is 1. The number of thiazole rings is 2. The van der Waals surface area contributed by atoms with Crippen LogP contribution in [0.1, 0.15) is 23.2 Å². The minimum absolute atomic E-state index is 0.0857. The van der Waals surface area contributed by atoms with Crippen LogP contribution in [0.25, 0.3) is 0 Å². The summed E-state index contributed by atoms with van der Waals surface area (Å²) in [5, 5.41) is 8.01. The van der Waals surface area contributed by atoms with Crippen LogP contribution in [0.4, 0.5) is 15.1 Å². The van der Waals surface area contributed by atoms with Crippen LogP contribution in [0.3, 0.4) is 0 Å². The molecule has 1 aliphatic heterocycles. The Bertz CT molecular complexity index is 897. The highest BCUT2D eigenvalue weighted by molar-refractivity contribution is 7.15. The molecule has 0 saturated carbocycles. The minimum atomic E-state index is -0.557. The molecule has 3 heterocycles. The number of ether oxygens (including phenoxy) is 2. The molecule has 0 unspecified atom stereocenters. The fraction of sp³-hybridized carbons (Fsp3) is 0.471. The lowest BCUT2D eigenvalue weighted by Crippen LogP contribution is -2.36. The summed E-state index contributed by atoms with van der Waals surface area (Å²) in [6.07, 6.45) is 0.226. The van der Waals surface area contributed by atoms with Crippen molar-refractivity contribution in [2.24, 2.45) is 0 Å². The Morgan fingerprint density at radius 3 is 2.83 bits per heavy atom. The molecule has 2 aromatic heterocycles. The van der Waals surface area contributed by atoms with Crippen LogP contribution in [-0.4, -0.2) is 59.6 Å². The number of amides is 2. The maximum atomic E-state index is 12.4. The van der Waals surface area contributed by atoms with Crippen LogP contribution < -0.4 is 10.6 Å².